The Morgan fingerprint density at radius 1 is 1.00 bits per heavy atom. The molecule has 4 heterocycles. The normalized spacial score (nSPS) is 19.2. The van der Waals surface area contributed by atoms with Crippen LogP contribution < -0.4 is 4.90 Å². The number of rotatable bonds is 2. The van der Waals surface area contributed by atoms with Crippen LogP contribution in [0.4, 0.5) is 5.82 Å². The van der Waals surface area contributed by atoms with E-state index in [2.05, 4.69) is 20.2 Å². The van der Waals surface area contributed by atoms with Gasteiger partial charge in [0.05, 0.1) is 0 Å². The Balaban J connectivity index is 1.33. The fraction of sp³-hybridized carbons (Fsp3) is 0.588. The molecule has 26 heavy (non-hydrogen) atoms. The first-order chi connectivity index (χ1) is 12.6. The van der Waals surface area contributed by atoms with Crippen LogP contribution in [0.5, 0.6) is 0 Å². The molecule has 2 amide bonds. The Morgan fingerprint density at radius 2 is 1.69 bits per heavy atom. The van der Waals surface area contributed by atoms with Gasteiger partial charge in [0, 0.05) is 52.1 Å². The van der Waals surface area contributed by atoms with Crippen molar-refractivity contribution in [1.82, 2.24) is 29.6 Å². The first-order valence-electron chi connectivity index (χ1n) is 9.08. The lowest BCUT2D eigenvalue weighted by Gasteiger charge is -2.38. The summed E-state index contributed by atoms with van der Waals surface area (Å²) in [5.41, 5.74) is 0.725. The van der Waals surface area contributed by atoms with E-state index in [1.165, 1.54) is 0 Å². The summed E-state index contributed by atoms with van der Waals surface area (Å²) in [4.78, 5) is 30.1. The van der Waals surface area contributed by atoms with Gasteiger partial charge in [-0.3, -0.25) is 9.59 Å². The number of carbonyl (C=O) groups is 2. The average molecular weight is 357 g/mol. The summed E-state index contributed by atoms with van der Waals surface area (Å²) in [7, 11) is 0. The Bertz CT molecular complexity index is 804. The van der Waals surface area contributed by atoms with E-state index in [0.29, 0.717) is 26.2 Å². The van der Waals surface area contributed by atoms with E-state index in [1.54, 1.807) is 22.7 Å². The van der Waals surface area contributed by atoms with Gasteiger partial charge in [0.1, 0.15) is 12.1 Å². The third-order valence-electron chi connectivity index (χ3n) is 5.35. The van der Waals surface area contributed by atoms with Crippen molar-refractivity contribution in [1.29, 1.82) is 0 Å². The van der Waals surface area contributed by atoms with Gasteiger partial charge >= 0.3 is 0 Å². The van der Waals surface area contributed by atoms with Crippen LogP contribution in [0.1, 0.15) is 19.8 Å². The molecule has 0 unspecified atom stereocenters. The molecule has 0 bridgehead atoms. The number of piperazine rings is 1. The summed E-state index contributed by atoms with van der Waals surface area (Å²) in [5, 5.41) is 12.3. The van der Waals surface area contributed by atoms with Crippen LogP contribution in [0.2, 0.25) is 0 Å². The predicted molar refractivity (Wildman–Crippen MR) is 94.6 cm³/mol. The van der Waals surface area contributed by atoms with Gasteiger partial charge in [0.2, 0.25) is 11.8 Å². The van der Waals surface area contributed by atoms with E-state index in [-0.39, 0.29) is 17.7 Å². The molecular formula is C17H23N7O2. The van der Waals surface area contributed by atoms with E-state index in [1.807, 2.05) is 17.0 Å². The van der Waals surface area contributed by atoms with Crippen LogP contribution >= 0.6 is 0 Å². The molecule has 0 spiro atoms. The van der Waals surface area contributed by atoms with Gasteiger partial charge in [-0.1, -0.05) is 0 Å². The minimum atomic E-state index is 0.0637. The molecule has 138 valence electrons. The highest BCUT2D eigenvalue weighted by Crippen LogP contribution is 2.24. The van der Waals surface area contributed by atoms with Crippen molar-refractivity contribution < 1.29 is 9.59 Å². The zero-order valence-corrected chi connectivity index (χ0v) is 14.9. The number of amides is 2. The van der Waals surface area contributed by atoms with E-state index in [4.69, 9.17) is 0 Å². The molecule has 2 aromatic heterocycles. The number of hydrogen-bond acceptors (Lipinski definition) is 6. The molecule has 9 nitrogen and oxygen atoms in total. The van der Waals surface area contributed by atoms with Gasteiger partial charge in [-0.15, -0.1) is 15.3 Å². The zero-order valence-electron chi connectivity index (χ0n) is 14.9. The smallest absolute Gasteiger partial charge is 0.225 e. The summed E-state index contributed by atoms with van der Waals surface area (Å²) in [6, 6.07) is 3.86. The largest absolute Gasteiger partial charge is 0.355 e. The fourth-order valence-corrected chi connectivity index (χ4v) is 3.74. The molecular weight excluding hydrogens is 334 g/mol. The van der Waals surface area contributed by atoms with Crippen LogP contribution in [0.25, 0.3) is 5.65 Å². The van der Waals surface area contributed by atoms with Crippen molar-refractivity contribution in [2.75, 3.05) is 44.2 Å². The lowest BCUT2D eigenvalue weighted by atomic mass is 9.95. The SMILES string of the molecule is CC(=O)N1CCN(C(=O)C2CCN(c3ccc4nncn4n3)CC2)CC1. The minimum absolute atomic E-state index is 0.0637. The quantitative estimate of drug-likeness (QED) is 0.754. The van der Waals surface area contributed by atoms with Gasteiger partial charge in [0.25, 0.3) is 0 Å². The van der Waals surface area contributed by atoms with Gasteiger partial charge < -0.3 is 14.7 Å². The predicted octanol–water partition coefficient (Wildman–Crippen LogP) is 0.0314. The molecule has 0 N–H and O–H groups in total. The molecule has 2 aromatic rings. The second-order valence-electron chi connectivity index (χ2n) is 6.92. The van der Waals surface area contributed by atoms with Gasteiger partial charge in [0.15, 0.2) is 5.65 Å². The lowest BCUT2D eigenvalue weighted by molar-refractivity contribution is -0.141. The number of piperidine rings is 1. The summed E-state index contributed by atoms with van der Waals surface area (Å²) < 4.78 is 1.67. The summed E-state index contributed by atoms with van der Waals surface area (Å²) in [5.74, 6) is 1.27. The van der Waals surface area contributed by atoms with Crippen molar-refractivity contribution in [3.63, 3.8) is 0 Å². The third kappa shape index (κ3) is 3.21. The van der Waals surface area contributed by atoms with Crippen LogP contribution in [-0.2, 0) is 9.59 Å². The molecule has 2 saturated heterocycles. The number of anilines is 1. The van der Waals surface area contributed by atoms with Crippen LogP contribution in [-0.4, -0.2) is 80.7 Å². The van der Waals surface area contributed by atoms with Crippen molar-refractivity contribution >= 4 is 23.3 Å². The van der Waals surface area contributed by atoms with E-state index >= 15 is 0 Å². The highest BCUT2D eigenvalue weighted by molar-refractivity contribution is 5.80. The topological polar surface area (TPSA) is 86.9 Å². The molecule has 0 saturated carbocycles. The molecule has 0 atom stereocenters. The number of carbonyl (C=O) groups excluding carboxylic acids is 2. The van der Waals surface area contributed by atoms with Gasteiger partial charge in [-0.25, -0.2) is 0 Å². The van der Waals surface area contributed by atoms with Crippen molar-refractivity contribution in [3.05, 3.63) is 18.5 Å². The first kappa shape index (κ1) is 16.7. The Labute approximate surface area is 151 Å². The number of fused-ring (bicyclic) bond motifs is 1. The monoisotopic (exact) mass is 357 g/mol. The molecule has 2 fully saturated rings. The molecule has 0 radical (unpaired) electrons. The molecule has 2 aliphatic rings. The number of aromatic nitrogens is 4. The van der Waals surface area contributed by atoms with Crippen molar-refractivity contribution in [2.24, 2.45) is 5.92 Å². The second-order valence-corrected chi connectivity index (χ2v) is 6.92. The van der Waals surface area contributed by atoms with E-state index < -0.39 is 0 Å². The van der Waals surface area contributed by atoms with Crippen molar-refractivity contribution in [2.45, 2.75) is 19.8 Å². The summed E-state index contributed by atoms with van der Waals surface area (Å²) >= 11 is 0. The maximum atomic E-state index is 12.8. The van der Waals surface area contributed by atoms with Gasteiger partial charge in [-0.05, 0) is 25.0 Å². The zero-order chi connectivity index (χ0) is 18.1. The number of nitrogens with zero attached hydrogens (tertiary/aromatic N) is 7. The van der Waals surface area contributed by atoms with Crippen molar-refractivity contribution in [3.8, 4) is 0 Å². The summed E-state index contributed by atoms with van der Waals surface area (Å²) in [6.07, 6.45) is 3.25. The van der Waals surface area contributed by atoms with E-state index in [0.717, 1.165) is 37.4 Å². The molecule has 9 heteroatoms. The third-order valence-corrected chi connectivity index (χ3v) is 5.35. The van der Waals surface area contributed by atoms with Crippen LogP contribution in [0.3, 0.4) is 0 Å². The number of hydrogen-bond donors (Lipinski definition) is 0. The first-order valence-corrected chi connectivity index (χ1v) is 9.08. The second kappa shape index (κ2) is 6.89. The summed E-state index contributed by atoms with van der Waals surface area (Å²) in [6.45, 7) is 5.77. The highest BCUT2D eigenvalue weighted by Gasteiger charge is 2.31. The highest BCUT2D eigenvalue weighted by atomic mass is 16.2. The maximum absolute atomic E-state index is 12.8. The fourth-order valence-electron chi connectivity index (χ4n) is 3.74. The Morgan fingerprint density at radius 3 is 2.38 bits per heavy atom. The molecule has 4 rings (SSSR count). The Hall–Kier alpha value is -2.71. The minimum Gasteiger partial charge on any atom is -0.355 e. The molecule has 0 aliphatic carbocycles. The molecule has 2 aliphatic heterocycles. The lowest BCUT2D eigenvalue weighted by Crippen LogP contribution is -2.52. The van der Waals surface area contributed by atoms with Crippen LogP contribution in [0.15, 0.2) is 18.5 Å². The van der Waals surface area contributed by atoms with Gasteiger partial charge in [-0.2, -0.15) is 4.52 Å². The average Bonchev–Trinajstić information content (AvgIpc) is 3.15. The van der Waals surface area contributed by atoms with Crippen LogP contribution in [0, 0.1) is 5.92 Å². The maximum Gasteiger partial charge on any atom is 0.225 e. The van der Waals surface area contributed by atoms with E-state index in [9.17, 15) is 9.59 Å². The standard InChI is InChI=1S/C17H23N7O2/c1-13(25)21-8-10-23(11-9-21)17(26)14-4-6-22(7-5-14)16-3-2-15-19-18-12-24(15)20-16/h2-3,12,14H,4-11H2,1H3. The Kier molecular flexibility index (Phi) is 4.44. The molecule has 0 aromatic carbocycles.